The van der Waals surface area contributed by atoms with Gasteiger partial charge in [-0.1, -0.05) is 12.1 Å². The average molecular weight is 642 g/mol. The zero-order valence-electron chi connectivity index (χ0n) is 27.9. The highest BCUT2D eigenvalue weighted by Gasteiger charge is 2.37. The van der Waals surface area contributed by atoms with Crippen molar-refractivity contribution in [2.45, 2.75) is 50.7 Å². The van der Waals surface area contributed by atoms with Gasteiger partial charge in [-0.15, -0.1) is 10.2 Å². The number of carbonyl (C=O) groups is 1. The van der Waals surface area contributed by atoms with E-state index < -0.39 is 0 Å². The van der Waals surface area contributed by atoms with Crippen LogP contribution in [0.15, 0.2) is 48.5 Å². The fourth-order valence-corrected chi connectivity index (χ4v) is 7.99. The normalized spacial score (nSPS) is 21.1. The van der Waals surface area contributed by atoms with Crippen molar-refractivity contribution in [1.29, 1.82) is 0 Å². The molecular weight excluding hydrogens is 594 g/mol. The Labute approximate surface area is 277 Å². The monoisotopic (exact) mass is 641 g/mol. The summed E-state index contributed by atoms with van der Waals surface area (Å²) < 4.78 is 15.9. The molecule has 7 rings (SSSR count). The summed E-state index contributed by atoms with van der Waals surface area (Å²) in [6.45, 7) is 10.6. The molecule has 250 valence electrons. The molecule has 4 aliphatic rings. The zero-order valence-corrected chi connectivity index (χ0v) is 27.9. The van der Waals surface area contributed by atoms with E-state index in [2.05, 4.69) is 53.3 Å². The summed E-state index contributed by atoms with van der Waals surface area (Å²) in [6, 6.07) is 17.9. The van der Waals surface area contributed by atoms with Gasteiger partial charge in [-0.3, -0.25) is 4.90 Å². The summed E-state index contributed by atoms with van der Waals surface area (Å²) in [5.41, 5.74) is 5.68. The Hall–Kier alpha value is -3.93. The Morgan fingerprint density at radius 1 is 0.872 bits per heavy atom. The number of anilines is 3. The second-order valence-corrected chi connectivity index (χ2v) is 13.2. The van der Waals surface area contributed by atoms with Crippen LogP contribution in [0, 0.1) is 6.92 Å². The lowest BCUT2D eigenvalue weighted by Gasteiger charge is -2.50. The van der Waals surface area contributed by atoms with Crippen LogP contribution in [0.1, 0.15) is 41.6 Å². The van der Waals surface area contributed by atoms with Crippen LogP contribution >= 0.6 is 0 Å². The van der Waals surface area contributed by atoms with E-state index in [9.17, 15) is 4.79 Å². The molecule has 1 atom stereocenters. The first-order chi connectivity index (χ1) is 23.0. The van der Waals surface area contributed by atoms with Gasteiger partial charge in [-0.05, 0) is 87.7 Å². The van der Waals surface area contributed by atoms with E-state index in [1.165, 1.54) is 51.6 Å². The van der Waals surface area contributed by atoms with Gasteiger partial charge in [0.2, 0.25) is 0 Å². The molecule has 0 radical (unpaired) electrons. The molecule has 47 heavy (non-hydrogen) atoms. The predicted molar refractivity (Wildman–Crippen MR) is 184 cm³/mol. The Balaban J connectivity index is 0.920. The van der Waals surface area contributed by atoms with Crippen LogP contribution in [0.2, 0.25) is 0 Å². The summed E-state index contributed by atoms with van der Waals surface area (Å²) in [5, 5.41) is 12.7. The highest BCUT2D eigenvalue weighted by Crippen LogP contribution is 2.37. The molecule has 1 N–H and O–H groups in total. The summed E-state index contributed by atoms with van der Waals surface area (Å²) in [5.74, 6) is 1.34. The van der Waals surface area contributed by atoms with Gasteiger partial charge in [0.1, 0.15) is 5.75 Å². The molecule has 0 bridgehead atoms. The number of likely N-dealkylation sites (tertiary alicyclic amines) is 1. The first-order valence-corrected chi connectivity index (χ1v) is 17.0. The summed E-state index contributed by atoms with van der Waals surface area (Å²) in [6.07, 6.45) is 4.84. The Morgan fingerprint density at radius 3 is 2.40 bits per heavy atom. The van der Waals surface area contributed by atoms with Gasteiger partial charge in [-0.2, -0.15) is 0 Å². The number of nitrogens with one attached hydrogen (secondary N) is 1. The highest BCUT2D eigenvalue weighted by molar-refractivity contribution is 5.91. The van der Waals surface area contributed by atoms with Gasteiger partial charge in [0.25, 0.3) is 0 Å². The smallest absolute Gasteiger partial charge is 0.338 e. The number of para-hydroxylation sites is 1. The number of nitrogens with zero attached hydrogens (tertiary/aromatic N) is 6. The number of piperazine rings is 1. The molecule has 5 heterocycles. The molecule has 11 heteroatoms. The van der Waals surface area contributed by atoms with E-state index in [0.29, 0.717) is 23.7 Å². The number of rotatable bonds is 8. The third-order valence-corrected chi connectivity index (χ3v) is 10.6. The average Bonchev–Trinajstić information content (AvgIpc) is 3.13. The minimum atomic E-state index is -0.269. The first kappa shape index (κ1) is 31.7. The fraction of sp³-hybridized carbons (Fsp3) is 0.528. The third-order valence-electron chi connectivity index (χ3n) is 10.6. The second-order valence-electron chi connectivity index (χ2n) is 13.2. The van der Waals surface area contributed by atoms with E-state index in [4.69, 9.17) is 14.2 Å². The lowest BCUT2D eigenvalue weighted by molar-refractivity contribution is 0.0515. The van der Waals surface area contributed by atoms with E-state index in [1.54, 1.807) is 7.11 Å². The number of fused-ring (bicyclic) bond motifs is 3. The third kappa shape index (κ3) is 6.61. The molecule has 3 aromatic rings. The van der Waals surface area contributed by atoms with Crippen LogP contribution in [-0.4, -0.2) is 117 Å². The van der Waals surface area contributed by atoms with Gasteiger partial charge in [0.05, 0.1) is 30.1 Å². The van der Waals surface area contributed by atoms with Gasteiger partial charge in [0, 0.05) is 69.7 Å². The van der Waals surface area contributed by atoms with Crippen molar-refractivity contribution in [1.82, 2.24) is 20.0 Å². The van der Waals surface area contributed by atoms with Crippen LogP contribution < -0.4 is 19.9 Å². The molecule has 0 saturated carbocycles. The Bertz CT molecular complexity index is 1550. The predicted octanol–water partition coefficient (Wildman–Crippen LogP) is 4.27. The maximum Gasteiger partial charge on any atom is 0.338 e. The molecule has 11 nitrogen and oxygen atoms in total. The number of carbonyl (C=O) groups excluding carboxylic acids is 1. The topological polar surface area (TPSA) is 95.5 Å². The van der Waals surface area contributed by atoms with Crippen molar-refractivity contribution in [3.8, 4) is 17.0 Å². The molecule has 3 saturated heterocycles. The molecule has 0 aliphatic carbocycles. The van der Waals surface area contributed by atoms with Crippen molar-refractivity contribution in [3.63, 3.8) is 0 Å². The molecule has 0 unspecified atom stereocenters. The van der Waals surface area contributed by atoms with Gasteiger partial charge in [-0.25, -0.2) is 4.79 Å². The van der Waals surface area contributed by atoms with Crippen LogP contribution in [0.5, 0.6) is 5.75 Å². The summed E-state index contributed by atoms with van der Waals surface area (Å²) >= 11 is 0. The van der Waals surface area contributed by atoms with Crippen LogP contribution in [0.25, 0.3) is 11.3 Å². The van der Waals surface area contributed by atoms with E-state index in [-0.39, 0.29) is 12.8 Å². The number of aromatic nitrogens is 2. The summed E-state index contributed by atoms with van der Waals surface area (Å²) in [4.78, 5) is 22.5. The van der Waals surface area contributed by atoms with Gasteiger partial charge >= 0.3 is 5.97 Å². The number of piperidine rings is 2. The quantitative estimate of drug-likeness (QED) is 0.282. The number of aryl methyl sites for hydroxylation is 1. The van der Waals surface area contributed by atoms with E-state index in [1.807, 2.05) is 37.3 Å². The molecule has 2 aromatic carbocycles. The van der Waals surface area contributed by atoms with Crippen LogP contribution in [0.4, 0.5) is 17.2 Å². The van der Waals surface area contributed by atoms with Crippen molar-refractivity contribution in [2.24, 2.45) is 0 Å². The van der Waals surface area contributed by atoms with Crippen molar-refractivity contribution >= 4 is 23.2 Å². The van der Waals surface area contributed by atoms with Crippen molar-refractivity contribution in [2.75, 3.05) is 88.5 Å². The molecule has 3 fully saturated rings. The molecule has 4 aliphatic heterocycles. The number of hydrogen-bond donors (Lipinski definition) is 1. The lowest BCUT2D eigenvalue weighted by atomic mass is 9.95. The fourth-order valence-electron chi connectivity index (χ4n) is 7.99. The van der Waals surface area contributed by atoms with E-state index >= 15 is 0 Å². The standard InChI is InChI=1S/C36H47N7O4/c1-25-20-28(8-9-30(25)36(44)46-3)41-16-10-26(11-17-41)40-14-12-27(13-15-40)42-18-19-43-29(23-42)22-37-35-33(43)21-32(38-39-35)31-6-4-5-7-34(31)47-24-45-2/h4-9,20-21,26-27,29H,10-19,22-24H2,1-3H3,(H,37,39)/t29-/m0/s1. The zero-order chi connectivity index (χ0) is 32.3. The molecule has 0 spiro atoms. The van der Waals surface area contributed by atoms with Gasteiger partial charge < -0.3 is 34.2 Å². The van der Waals surface area contributed by atoms with Crippen LogP contribution in [0.3, 0.4) is 0 Å². The van der Waals surface area contributed by atoms with Crippen molar-refractivity contribution in [3.05, 3.63) is 59.7 Å². The molecule has 1 aromatic heterocycles. The van der Waals surface area contributed by atoms with Crippen molar-refractivity contribution < 1.29 is 19.0 Å². The first-order valence-electron chi connectivity index (χ1n) is 17.0. The molecule has 0 amide bonds. The summed E-state index contributed by atoms with van der Waals surface area (Å²) in [7, 11) is 3.06. The number of ether oxygens (including phenoxy) is 3. The largest absolute Gasteiger partial charge is 0.467 e. The Morgan fingerprint density at radius 2 is 1.64 bits per heavy atom. The Kier molecular flexibility index (Phi) is 9.46. The number of esters is 1. The minimum absolute atomic E-state index is 0.189. The second kappa shape index (κ2) is 14.0. The molecular formula is C36H47N7O4. The number of hydrogen-bond acceptors (Lipinski definition) is 11. The lowest BCUT2D eigenvalue weighted by Crippen LogP contribution is -2.61. The van der Waals surface area contributed by atoms with Crippen LogP contribution in [-0.2, 0) is 9.47 Å². The highest BCUT2D eigenvalue weighted by atomic mass is 16.7. The maximum atomic E-state index is 12.0. The maximum absolute atomic E-state index is 12.0. The van der Waals surface area contributed by atoms with E-state index in [0.717, 1.165) is 73.3 Å². The number of methoxy groups -OCH3 is 2. The SMILES string of the molecule is COCOc1ccccc1-c1cc2c(nn1)NC[C@H]1CN(C3CCN(C4CCN(c5ccc(C(=O)OC)c(C)c5)CC4)CC3)CCN21. The number of benzene rings is 2. The minimum Gasteiger partial charge on any atom is -0.467 e. The van der Waals surface area contributed by atoms with Gasteiger partial charge in [0.15, 0.2) is 12.6 Å².